The number of esters is 1. The lowest BCUT2D eigenvalue weighted by Gasteiger charge is -2.09. The molecule has 8 nitrogen and oxygen atoms in total. The number of carbonyl (C=O) groups excluding carboxylic acids is 3. The Morgan fingerprint density at radius 1 is 1.40 bits per heavy atom. The summed E-state index contributed by atoms with van der Waals surface area (Å²) in [6, 6.07) is 6.45. The van der Waals surface area contributed by atoms with Gasteiger partial charge in [0.2, 0.25) is 5.91 Å². The van der Waals surface area contributed by atoms with Crippen molar-refractivity contribution in [1.29, 1.82) is 0 Å². The Labute approximate surface area is 147 Å². The van der Waals surface area contributed by atoms with E-state index < -0.39 is 18.5 Å². The minimum absolute atomic E-state index is 0.0981. The van der Waals surface area contributed by atoms with Crippen molar-refractivity contribution in [3.63, 3.8) is 0 Å². The van der Waals surface area contributed by atoms with E-state index in [-0.39, 0.29) is 17.3 Å². The molecule has 3 rings (SSSR count). The molecule has 130 valence electrons. The highest BCUT2D eigenvalue weighted by Gasteiger charge is 2.17. The van der Waals surface area contributed by atoms with Crippen LogP contribution in [0.2, 0.25) is 0 Å². The zero-order valence-corrected chi connectivity index (χ0v) is 14.1. The van der Waals surface area contributed by atoms with Gasteiger partial charge in [-0.3, -0.25) is 9.59 Å². The summed E-state index contributed by atoms with van der Waals surface area (Å²) >= 11 is 1.54. The predicted molar refractivity (Wildman–Crippen MR) is 90.6 cm³/mol. The summed E-state index contributed by atoms with van der Waals surface area (Å²) in [4.78, 5) is 36.4. The third-order valence-electron chi connectivity index (χ3n) is 3.31. The van der Waals surface area contributed by atoms with Crippen LogP contribution < -0.4 is 10.6 Å². The van der Waals surface area contributed by atoms with Gasteiger partial charge in [-0.05, 0) is 25.1 Å². The van der Waals surface area contributed by atoms with E-state index >= 15 is 0 Å². The second-order valence-corrected chi connectivity index (χ2v) is 6.44. The number of hydrogen-bond donors (Lipinski definition) is 2. The van der Waals surface area contributed by atoms with Crippen molar-refractivity contribution in [3.05, 3.63) is 35.6 Å². The fourth-order valence-electron chi connectivity index (χ4n) is 2.17. The largest absolute Gasteiger partial charge is 0.452 e. The number of rotatable bonds is 4. The monoisotopic (exact) mass is 361 g/mol. The Kier molecular flexibility index (Phi) is 5.03. The van der Waals surface area contributed by atoms with Crippen LogP contribution in [0.4, 0.5) is 11.5 Å². The molecule has 1 aliphatic heterocycles. The second kappa shape index (κ2) is 7.39. The number of ether oxygens (including phenoxy) is 1. The Balaban J connectivity index is 1.59. The Morgan fingerprint density at radius 2 is 2.24 bits per heavy atom. The molecule has 0 radical (unpaired) electrons. The lowest BCUT2D eigenvalue weighted by atomic mass is 10.2. The van der Waals surface area contributed by atoms with Crippen molar-refractivity contribution in [2.75, 3.05) is 23.0 Å². The zero-order valence-electron chi connectivity index (χ0n) is 13.3. The number of anilines is 2. The van der Waals surface area contributed by atoms with Crippen LogP contribution in [0.25, 0.3) is 0 Å². The number of thioether (sulfide) groups is 1. The molecule has 0 saturated carbocycles. The molecule has 0 fully saturated rings. The van der Waals surface area contributed by atoms with Gasteiger partial charge in [0.15, 0.2) is 12.4 Å². The van der Waals surface area contributed by atoms with E-state index in [1.807, 2.05) is 0 Å². The van der Waals surface area contributed by atoms with E-state index in [9.17, 15) is 14.4 Å². The lowest BCUT2D eigenvalue weighted by Crippen LogP contribution is -2.21. The van der Waals surface area contributed by atoms with Crippen molar-refractivity contribution in [1.82, 2.24) is 5.16 Å². The van der Waals surface area contributed by atoms with Crippen molar-refractivity contribution in [2.24, 2.45) is 0 Å². The molecule has 1 aromatic heterocycles. The van der Waals surface area contributed by atoms with Gasteiger partial charge >= 0.3 is 5.97 Å². The highest BCUT2D eigenvalue weighted by atomic mass is 32.2. The highest BCUT2D eigenvalue weighted by molar-refractivity contribution is 7.99. The summed E-state index contributed by atoms with van der Waals surface area (Å²) in [5.74, 6) is 0.210. The van der Waals surface area contributed by atoms with Gasteiger partial charge in [0, 0.05) is 23.1 Å². The molecular weight excluding hydrogens is 346 g/mol. The molecular formula is C16H15N3O5S. The number of amides is 2. The molecule has 0 spiro atoms. The summed E-state index contributed by atoms with van der Waals surface area (Å²) < 4.78 is 9.81. The number of fused-ring (bicyclic) bond motifs is 1. The number of benzene rings is 1. The first-order valence-corrected chi connectivity index (χ1v) is 8.47. The molecule has 0 bridgehead atoms. The van der Waals surface area contributed by atoms with Gasteiger partial charge in [-0.1, -0.05) is 5.16 Å². The van der Waals surface area contributed by atoms with E-state index in [0.717, 1.165) is 4.90 Å². The summed E-state index contributed by atoms with van der Waals surface area (Å²) in [5, 5.41) is 8.82. The molecule has 25 heavy (non-hydrogen) atoms. The first-order chi connectivity index (χ1) is 12.0. The summed E-state index contributed by atoms with van der Waals surface area (Å²) in [7, 11) is 0. The van der Waals surface area contributed by atoms with Crippen LogP contribution in [0.3, 0.4) is 0 Å². The van der Waals surface area contributed by atoms with E-state index in [1.54, 1.807) is 31.2 Å². The average molecular weight is 361 g/mol. The van der Waals surface area contributed by atoms with Gasteiger partial charge in [0.05, 0.1) is 11.3 Å². The van der Waals surface area contributed by atoms with Crippen molar-refractivity contribution in [2.45, 2.75) is 18.2 Å². The first-order valence-electron chi connectivity index (χ1n) is 7.48. The Bertz CT molecular complexity index is 833. The normalized spacial score (nSPS) is 13.4. The molecule has 2 aromatic rings. The van der Waals surface area contributed by atoms with Gasteiger partial charge < -0.3 is 19.9 Å². The fraction of sp³-hybridized carbons (Fsp3) is 0.250. The molecule has 9 heteroatoms. The fourth-order valence-corrected chi connectivity index (χ4v) is 3.10. The molecule has 2 amide bonds. The average Bonchev–Trinajstić information content (AvgIpc) is 2.88. The topological polar surface area (TPSA) is 111 Å². The summed E-state index contributed by atoms with van der Waals surface area (Å²) in [6.07, 6.45) is 0.417. The van der Waals surface area contributed by atoms with Gasteiger partial charge in [-0.2, -0.15) is 0 Å². The number of nitrogens with one attached hydrogen (secondary N) is 2. The number of nitrogens with zero attached hydrogens (tertiary/aromatic N) is 1. The van der Waals surface area contributed by atoms with Crippen LogP contribution in [0.1, 0.15) is 22.5 Å². The minimum atomic E-state index is -0.655. The maximum absolute atomic E-state index is 12.1. The molecule has 0 atom stereocenters. The van der Waals surface area contributed by atoms with Crippen LogP contribution in [-0.2, 0) is 14.3 Å². The van der Waals surface area contributed by atoms with Crippen LogP contribution in [-0.4, -0.2) is 35.3 Å². The third-order valence-corrected chi connectivity index (χ3v) is 4.38. The number of aryl methyl sites for hydroxylation is 1. The van der Waals surface area contributed by atoms with Crippen molar-refractivity contribution >= 4 is 41.1 Å². The van der Waals surface area contributed by atoms with Gasteiger partial charge in [-0.15, -0.1) is 11.8 Å². The van der Waals surface area contributed by atoms with E-state index in [1.165, 1.54) is 11.8 Å². The van der Waals surface area contributed by atoms with Gasteiger partial charge in [-0.25, -0.2) is 4.79 Å². The van der Waals surface area contributed by atoms with E-state index in [2.05, 4.69) is 15.8 Å². The maximum atomic E-state index is 12.1. The number of hydrogen-bond acceptors (Lipinski definition) is 7. The molecule has 0 saturated heterocycles. The Morgan fingerprint density at radius 3 is 3.00 bits per heavy atom. The van der Waals surface area contributed by atoms with Gasteiger partial charge in [0.25, 0.3) is 5.91 Å². The molecule has 2 heterocycles. The van der Waals surface area contributed by atoms with Gasteiger partial charge in [0.1, 0.15) is 5.76 Å². The van der Waals surface area contributed by atoms with Crippen LogP contribution in [0, 0.1) is 6.92 Å². The molecule has 0 aliphatic carbocycles. The SMILES string of the molecule is Cc1cc(NC(=O)COC(=O)c2ccc3c(c2)NC(=O)CCS3)no1. The summed E-state index contributed by atoms with van der Waals surface area (Å²) in [6.45, 7) is 1.24. The van der Waals surface area contributed by atoms with Crippen LogP contribution in [0.5, 0.6) is 0 Å². The second-order valence-electron chi connectivity index (χ2n) is 5.30. The predicted octanol–water partition coefficient (Wildman–Crippen LogP) is 2.21. The Hall–Kier alpha value is -2.81. The first kappa shape index (κ1) is 17.0. The maximum Gasteiger partial charge on any atom is 0.338 e. The van der Waals surface area contributed by atoms with Crippen molar-refractivity contribution < 1.29 is 23.6 Å². The highest BCUT2D eigenvalue weighted by Crippen LogP contribution is 2.31. The van der Waals surface area contributed by atoms with Crippen molar-refractivity contribution in [3.8, 4) is 0 Å². The smallest absolute Gasteiger partial charge is 0.338 e. The van der Waals surface area contributed by atoms with E-state index in [4.69, 9.17) is 9.26 Å². The summed E-state index contributed by atoms with van der Waals surface area (Å²) in [5.41, 5.74) is 0.830. The zero-order chi connectivity index (χ0) is 17.8. The van der Waals surface area contributed by atoms with E-state index in [0.29, 0.717) is 23.6 Å². The standard InChI is InChI=1S/C16H15N3O5S/c1-9-6-13(19-24-9)18-15(21)8-23-16(22)10-2-3-12-11(7-10)17-14(20)4-5-25-12/h2-3,6-7H,4-5,8H2,1H3,(H,17,20)(H,18,19,21). The molecule has 2 N–H and O–H groups in total. The molecule has 1 aliphatic rings. The van der Waals surface area contributed by atoms with Crippen LogP contribution in [0.15, 0.2) is 33.7 Å². The molecule has 1 aromatic carbocycles. The quantitative estimate of drug-likeness (QED) is 0.803. The minimum Gasteiger partial charge on any atom is -0.452 e. The number of carbonyl (C=O) groups is 3. The lowest BCUT2D eigenvalue weighted by molar-refractivity contribution is -0.119. The third kappa shape index (κ3) is 4.38. The molecule has 0 unspecified atom stereocenters. The number of aromatic nitrogens is 1. The van der Waals surface area contributed by atoms with Crippen LogP contribution >= 0.6 is 11.8 Å².